The molecule has 3 nitrogen and oxygen atoms in total. The minimum absolute atomic E-state index is 0.129. The van der Waals surface area contributed by atoms with Crippen LogP contribution in [0.2, 0.25) is 0 Å². The van der Waals surface area contributed by atoms with Crippen molar-refractivity contribution < 1.29 is 4.48 Å². The smallest absolute Gasteiger partial charge is 0.312 e. The third kappa shape index (κ3) is 2.11. The lowest BCUT2D eigenvalue weighted by molar-refractivity contribution is -0.892. The first kappa shape index (κ1) is 10.4. The van der Waals surface area contributed by atoms with Gasteiger partial charge in [0.1, 0.15) is 0 Å². The maximum absolute atomic E-state index is 11.8. The fourth-order valence-electron chi connectivity index (χ4n) is 1.57. The molecular weight excluding hydrogens is 208 g/mol. The van der Waals surface area contributed by atoms with Gasteiger partial charge in [0.15, 0.2) is 6.67 Å². The van der Waals surface area contributed by atoms with Gasteiger partial charge in [0, 0.05) is 0 Å². The van der Waals surface area contributed by atoms with Crippen molar-refractivity contribution in [2.45, 2.75) is 6.67 Å². The second kappa shape index (κ2) is 3.47. The van der Waals surface area contributed by atoms with Crippen molar-refractivity contribution >= 4 is 21.6 Å². The number of fused-ring (bicyclic) bond motifs is 1. The summed E-state index contributed by atoms with van der Waals surface area (Å²) in [5.41, 5.74) is 1.04. The quantitative estimate of drug-likeness (QED) is 0.711. The van der Waals surface area contributed by atoms with Crippen LogP contribution in [0.4, 0.5) is 0 Å². The predicted octanol–water partition coefficient (Wildman–Crippen LogP) is 1.73. The molecule has 0 aliphatic heterocycles. The summed E-state index contributed by atoms with van der Waals surface area (Å²) in [4.78, 5) is 11.9. The number of nitrogens with zero attached hydrogens (tertiary/aromatic N) is 2. The molecule has 0 radical (unpaired) electrons. The van der Waals surface area contributed by atoms with E-state index in [4.69, 9.17) is 0 Å². The molecule has 0 amide bonds. The van der Waals surface area contributed by atoms with Crippen molar-refractivity contribution in [2.75, 3.05) is 21.1 Å². The van der Waals surface area contributed by atoms with E-state index in [9.17, 15) is 4.79 Å². The highest BCUT2D eigenvalue weighted by Crippen LogP contribution is 2.17. The van der Waals surface area contributed by atoms with Crippen LogP contribution in [0.5, 0.6) is 0 Å². The zero-order chi connectivity index (χ0) is 11.1. The number of rotatable bonds is 2. The monoisotopic (exact) mass is 223 g/mol. The highest BCUT2D eigenvalue weighted by atomic mass is 32.1. The molecule has 0 fully saturated rings. The van der Waals surface area contributed by atoms with Crippen molar-refractivity contribution in [1.29, 1.82) is 0 Å². The Morgan fingerprint density at radius 1 is 1.27 bits per heavy atom. The summed E-state index contributed by atoms with van der Waals surface area (Å²) in [6.07, 6.45) is 0. The van der Waals surface area contributed by atoms with Crippen LogP contribution in [-0.4, -0.2) is 30.2 Å². The Morgan fingerprint density at radius 2 is 1.93 bits per heavy atom. The lowest BCUT2D eigenvalue weighted by atomic mass is 10.3. The first-order valence-electron chi connectivity index (χ1n) is 4.86. The largest absolute Gasteiger partial charge is 0.313 e. The van der Waals surface area contributed by atoms with E-state index in [1.54, 1.807) is 0 Å². The van der Waals surface area contributed by atoms with E-state index < -0.39 is 0 Å². The summed E-state index contributed by atoms with van der Waals surface area (Å²) in [7, 11) is 6.25. The molecule has 80 valence electrons. The fraction of sp³-hybridized carbons (Fsp3) is 0.364. The van der Waals surface area contributed by atoms with Crippen molar-refractivity contribution in [1.82, 2.24) is 4.57 Å². The number of thiazole rings is 1. The Hall–Kier alpha value is -1.13. The van der Waals surface area contributed by atoms with Gasteiger partial charge in [-0.1, -0.05) is 23.5 Å². The summed E-state index contributed by atoms with van der Waals surface area (Å²) >= 11 is 1.32. The topological polar surface area (TPSA) is 22.0 Å². The van der Waals surface area contributed by atoms with E-state index in [1.807, 2.05) is 28.8 Å². The van der Waals surface area contributed by atoms with Gasteiger partial charge in [-0.15, -0.1) is 0 Å². The number of quaternary nitrogens is 1. The average molecular weight is 223 g/mol. The average Bonchev–Trinajstić information content (AvgIpc) is 2.41. The van der Waals surface area contributed by atoms with Gasteiger partial charge in [-0.3, -0.25) is 9.36 Å². The highest BCUT2D eigenvalue weighted by Gasteiger charge is 2.13. The van der Waals surface area contributed by atoms with Crippen molar-refractivity contribution in [3.63, 3.8) is 0 Å². The molecule has 1 heterocycles. The maximum atomic E-state index is 11.8. The van der Waals surface area contributed by atoms with E-state index >= 15 is 0 Å². The van der Waals surface area contributed by atoms with Crippen LogP contribution in [0.15, 0.2) is 29.1 Å². The third-order valence-electron chi connectivity index (χ3n) is 2.14. The zero-order valence-electron chi connectivity index (χ0n) is 9.23. The van der Waals surface area contributed by atoms with Crippen LogP contribution in [0, 0.1) is 0 Å². The molecule has 0 atom stereocenters. The van der Waals surface area contributed by atoms with E-state index in [-0.39, 0.29) is 4.87 Å². The van der Waals surface area contributed by atoms with Crippen LogP contribution in [-0.2, 0) is 6.67 Å². The second-order valence-electron chi connectivity index (χ2n) is 4.70. The number of para-hydroxylation sites is 1. The Labute approximate surface area is 92.8 Å². The summed E-state index contributed by atoms with van der Waals surface area (Å²) in [6.45, 7) is 0.711. The highest BCUT2D eigenvalue weighted by molar-refractivity contribution is 7.16. The molecule has 0 bridgehead atoms. The van der Waals surface area contributed by atoms with E-state index in [0.29, 0.717) is 6.67 Å². The molecule has 0 unspecified atom stereocenters. The van der Waals surface area contributed by atoms with Crippen LogP contribution < -0.4 is 4.87 Å². The molecule has 15 heavy (non-hydrogen) atoms. The summed E-state index contributed by atoms with van der Waals surface area (Å²) in [5, 5.41) is 0. The minimum atomic E-state index is 0.129. The molecule has 0 N–H and O–H groups in total. The van der Waals surface area contributed by atoms with Gasteiger partial charge in [-0.25, -0.2) is 0 Å². The number of aromatic nitrogens is 1. The molecule has 1 aromatic carbocycles. The Morgan fingerprint density at radius 3 is 2.60 bits per heavy atom. The number of hydrogen-bond donors (Lipinski definition) is 0. The molecule has 2 aromatic rings. The van der Waals surface area contributed by atoms with Crippen LogP contribution in [0.3, 0.4) is 0 Å². The fourth-order valence-corrected chi connectivity index (χ4v) is 2.46. The molecule has 1 aromatic heterocycles. The lowest BCUT2D eigenvalue weighted by Crippen LogP contribution is -2.38. The standard InChI is InChI=1S/C11H15N2OS/c1-13(2,3)8-12-9-6-4-5-7-10(9)15-11(12)14/h4-7H,8H2,1-3H3/q+1. The molecule has 0 saturated heterocycles. The van der Waals surface area contributed by atoms with Gasteiger partial charge in [-0.05, 0) is 12.1 Å². The molecule has 2 rings (SSSR count). The van der Waals surface area contributed by atoms with Crippen molar-refractivity contribution in [3.05, 3.63) is 33.9 Å². The first-order chi connectivity index (χ1) is 6.97. The molecule has 0 aliphatic carbocycles. The van der Waals surface area contributed by atoms with Gasteiger partial charge in [-0.2, -0.15) is 0 Å². The molecule has 0 spiro atoms. The Bertz CT molecular complexity index is 533. The number of hydrogen-bond acceptors (Lipinski definition) is 2. The van der Waals surface area contributed by atoms with Crippen molar-refractivity contribution in [2.24, 2.45) is 0 Å². The van der Waals surface area contributed by atoms with Gasteiger partial charge < -0.3 is 4.48 Å². The first-order valence-corrected chi connectivity index (χ1v) is 5.68. The zero-order valence-corrected chi connectivity index (χ0v) is 10.0. The van der Waals surface area contributed by atoms with Crippen molar-refractivity contribution in [3.8, 4) is 0 Å². The second-order valence-corrected chi connectivity index (χ2v) is 5.69. The lowest BCUT2D eigenvalue weighted by Gasteiger charge is -2.24. The van der Waals surface area contributed by atoms with Crippen LogP contribution in [0.25, 0.3) is 10.2 Å². The normalized spacial score (nSPS) is 12.2. The molecule has 0 saturated carbocycles. The van der Waals surface area contributed by atoms with Gasteiger partial charge >= 0.3 is 4.87 Å². The van der Waals surface area contributed by atoms with Gasteiger partial charge in [0.2, 0.25) is 0 Å². The SMILES string of the molecule is C[N+](C)(C)Cn1c(=O)sc2ccccc21. The molecule has 4 heteroatoms. The van der Waals surface area contributed by atoms with E-state index in [2.05, 4.69) is 21.1 Å². The minimum Gasteiger partial charge on any atom is -0.313 e. The maximum Gasteiger partial charge on any atom is 0.312 e. The van der Waals surface area contributed by atoms with E-state index in [1.165, 1.54) is 11.3 Å². The Kier molecular flexibility index (Phi) is 2.40. The molecule has 0 aliphatic rings. The summed E-state index contributed by atoms with van der Waals surface area (Å²) in [6, 6.07) is 7.94. The number of benzene rings is 1. The van der Waals surface area contributed by atoms with Crippen LogP contribution in [0.1, 0.15) is 0 Å². The molecular formula is C11H15N2OS+. The predicted molar refractivity (Wildman–Crippen MR) is 64.1 cm³/mol. The summed E-state index contributed by atoms with van der Waals surface area (Å²) in [5.74, 6) is 0. The van der Waals surface area contributed by atoms with E-state index in [0.717, 1.165) is 14.7 Å². The van der Waals surface area contributed by atoms with Gasteiger partial charge in [0.05, 0.1) is 31.4 Å². The van der Waals surface area contributed by atoms with Crippen LogP contribution >= 0.6 is 11.3 Å². The Balaban J connectivity index is 2.60. The summed E-state index contributed by atoms with van der Waals surface area (Å²) < 4.78 is 3.66. The third-order valence-corrected chi connectivity index (χ3v) is 3.10. The van der Waals surface area contributed by atoms with Gasteiger partial charge in [0.25, 0.3) is 0 Å².